The number of piperidine rings is 2. The van der Waals surface area contributed by atoms with Gasteiger partial charge in [-0.15, -0.1) is 0 Å². The molecule has 5 aromatic carbocycles. The van der Waals surface area contributed by atoms with Gasteiger partial charge in [0.1, 0.15) is 11.6 Å². The topological polar surface area (TPSA) is 130 Å². The van der Waals surface area contributed by atoms with Crippen molar-refractivity contribution in [1.29, 1.82) is 0 Å². The molecule has 2 aliphatic heterocycles. The standard InChI is InChI=1S/C27H29N3.C20H23N3.C4H6O4.C2H3BO2.Na/c1-3-9-23(10-4-1)20-29-17-15-22(16-18-29)19-27-28-25-13-7-8-14-26(25)30(27)21-24-11-5-2-6-12-24;1-2-6-17(7-3-1)15-23-19-9-5-4-8-18(19)22-20(23)14-16-10-12-21-13-11-16;1-3(5)7-8-4(2)6;1-2(4)5-3;/h1-14,22H,15-21H2;1-9,16,21H,10-15H2;1-2H3;1H3;/q;;;-1;+1. The summed E-state index contributed by atoms with van der Waals surface area (Å²) < 4.78 is 8.45. The molecule has 2 saturated heterocycles. The number of rotatable bonds is 10. The van der Waals surface area contributed by atoms with Gasteiger partial charge in [0.05, 0.1) is 22.1 Å². The predicted octanol–water partition coefficient (Wildman–Crippen LogP) is 5.83. The zero-order valence-electron chi connectivity index (χ0n) is 39.4. The van der Waals surface area contributed by atoms with Crippen LogP contribution in [0.1, 0.15) is 74.8 Å². The normalized spacial score (nSPS) is 13.9. The van der Waals surface area contributed by atoms with E-state index in [0.29, 0.717) is 5.92 Å². The number of nitrogens with one attached hydrogen (secondary N) is 1. The number of carbonyl (C=O) groups is 3. The molecule has 0 atom stereocenters. The van der Waals surface area contributed by atoms with Gasteiger partial charge in [-0.25, -0.2) is 29.3 Å². The summed E-state index contributed by atoms with van der Waals surface area (Å²) in [6.45, 7) is 11.0. The van der Waals surface area contributed by atoms with E-state index in [0.717, 1.165) is 76.4 Å². The van der Waals surface area contributed by atoms with Crippen LogP contribution >= 0.6 is 0 Å². The van der Waals surface area contributed by atoms with Crippen molar-refractivity contribution < 1.29 is 58.4 Å². The Bertz CT molecular complexity index is 2550. The molecule has 0 aliphatic carbocycles. The Morgan fingerprint density at radius 1 is 0.537 bits per heavy atom. The van der Waals surface area contributed by atoms with Crippen LogP contribution in [-0.4, -0.2) is 76.1 Å². The molecule has 0 amide bonds. The van der Waals surface area contributed by atoms with Gasteiger partial charge < -0.3 is 27.2 Å². The molecule has 12 nitrogen and oxygen atoms in total. The molecule has 2 aromatic heterocycles. The minimum atomic E-state index is -0.639. The van der Waals surface area contributed by atoms with Gasteiger partial charge in [0, 0.05) is 53.2 Å². The van der Waals surface area contributed by atoms with Crippen molar-refractivity contribution in [1.82, 2.24) is 29.3 Å². The van der Waals surface area contributed by atoms with Crippen LogP contribution in [0.2, 0.25) is 0 Å². The fourth-order valence-electron chi connectivity index (χ4n) is 8.36. The van der Waals surface area contributed by atoms with E-state index in [-0.39, 0.29) is 29.6 Å². The molecule has 2 aliphatic rings. The summed E-state index contributed by atoms with van der Waals surface area (Å²) in [5.41, 5.74) is 8.82. The molecule has 3 radical (unpaired) electrons. The summed E-state index contributed by atoms with van der Waals surface area (Å²) in [5, 5.41) is 3.45. The Hall–Kier alpha value is -5.57. The summed E-state index contributed by atoms with van der Waals surface area (Å²) in [4.78, 5) is 49.4. The maximum atomic E-state index is 9.85. The average Bonchev–Trinajstić information content (AvgIpc) is 3.86. The molecule has 7 aromatic rings. The van der Waals surface area contributed by atoms with Crippen molar-refractivity contribution in [2.75, 3.05) is 26.2 Å². The van der Waals surface area contributed by atoms with Crippen molar-refractivity contribution in [2.45, 2.75) is 78.9 Å². The first-order valence-electron chi connectivity index (χ1n) is 22.8. The van der Waals surface area contributed by atoms with Gasteiger partial charge in [-0.3, -0.25) is 9.69 Å². The monoisotopic (exact) mass is 911 g/mol. The Kier molecular flexibility index (Phi) is 21.8. The van der Waals surface area contributed by atoms with E-state index in [4.69, 9.17) is 9.97 Å². The van der Waals surface area contributed by atoms with Gasteiger partial charge >= 0.3 is 41.5 Å². The van der Waals surface area contributed by atoms with Crippen LogP contribution in [0.4, 0.5) is 0 Å². The summed E-state index contributed by atoms with van der Waals surface area (Å²) >= 11 is 0. The Labute approximate surface area is 418 Å². The maximum Gasteiger partial charge on any atom is 1.00 e. The summed E-state index contributed by atoms with van der Waals surface area (Å²) in [5.74, 6) is 2.19. The molecular formula is C53H61BN6NaO6. The molecule has 14 heteroatoms. The van der Waals surface area contributed by atoms with Crippen LogP contribution < -0.4 is 34.9 Å². The number of likely N-dealkylation sites (tertiary alicyclic amines) is 1. The summed E-state index contributed by atoms with van der Waals surface area (Å²) in [6.07, 6.45) is 7.18. The minimum absolute atomic E-state index is 0. The molecule has 9 rings (SSSR count). The largest absolute Gasteiger partial charge is 1.00 e. The number of hydrogen-bond donors (Lipinski definition) is 1. The van der Waals surface area contributed by atoms with Crippen molar-refractivity contribution in [3.8, 4) is 0 Å². The quantitative estimate of drug-likeness (QED) is 0.102. The molecule has 0 unspecified atom stereocenters. The molecule has 0 saturated carbocycles. The van der Waals surface area contributed by atoms with Gasteiger partial charge in [-0.2, -0.15) is 0 Å². The summed E-state index contributed by atoms with van der Waals surface area (Å²) in [6, 6.07) is 49.3. The zero-order chi connectivity index (χ0) is 46.5. The van der Waals surface area contributed by atoms with Gasteiger partial charge in [-0.05, 0) is 105 Å². The number of aromatic nitrogens is 4. The third-order valence-electron chi connectivity index (χ3n) is 11.6. The molecule has 343 valence electrons. The van der Waals surface area contributed by atoms with Crippen molar-refractivity contribution in [2.24, 2.45) is 11.8 Å². The third kappa shape index (κ3) is 17.2. The number of carbonyl (C=O) groups excluding carboxylic acids is 3. The average molecular weight is 912 g/mol. The fraction of sp³-hybridized carbons (Fsp3) is 0.340. The number of hydrogen-bond acceptors (Lipinski definition) is 10. The SMILES string of the molecule is CC(=O)OOC(C)=O.[B-]OC(C)=O.[Na+].c1ccc(CN2CCC(Cc3nc4ccccc4n3Cc3ccccc3)CC2)cc1.c1ccc(Cn2c(CC3CCNCC3)nc3ccccc32)cc1. The van der Waals surface area contributed by atoms with Gasteiger partial charge in [0.25, 0.3) is 0 Å². The van der Waals surface area contributed by atoms with E-state index >= 15 is 0 Å². The van der Waals surface area contributed by atoms with Crippen LogP contribution in [0.25, 0.3) is 22.1 Å². The Morgan fingerprint density at radius 2 is 0.896 bits per heavy atom. The van der Waals surface area contributed by atoms with Crippen molar-refractivity contribution in [3.63, 3.8) is 0 Å². The third-order valence-corrected chi connectivity index (χ3v) is 11.6. The molecule has 2 fully saturated rings. The molecule has 4 heterocycles. The fourth-order valence-corrected chi connectivity index (χ4v) is 8.36. The van der Waals surface area contributed by atoms with Crippen LogP contribution in [-0.2, 0) is 61.3 Å². The van der Waals surface area contributed by atoms with E-state index in [1.165, 1.54) is 85.1 Å². The predicted molar refractivity (Wildman–Crippen MR) is 259 cm³/mol. The number of para-hydroxylation sites is 4. The van der Waals surface area contributed by atoms with Gasteiger partial charge in [0.2, 0.25) is 5.97 Å². The van der Waals surface area contributed by atoms with Crippen LogP contribution in [0, 0.1) is 11.8 Å². The number of benzene rings is 5. The van der Waals surface area contributed by atoms with Crippen LogP contribution in [0.15, 0.2) is 140 Å². The molecular weight excluding hydrogens is 850 g/mol. The zero-order valence-corrected chi connectivity index (χ0v) is 41.4. The molecule has 1 N–H and O–H groups in total. The maximum absolute atomic E-state index is 9.85. The number of nitrogens with zero attached hydrogens (tertiary/aromatic N) is 5. The van der Waals surface area contributed by atoms with Crippen LogP contribution in [0.3, 0.4) is 0 Å². The summed E-state index contributed by atoms with van der Waals surface area (Å²) in [7, 11) is 4.32. The number of imidazole rings is 2. The van der Waals surface area contributed by atoms with E-state index in [1.54, 1.807) is 0 Å². The first-order chi connectivity index (χ1) is 32.1. The smallest absolute Gasteiger partial charge is 0.793 e. The van der Waals surface area contributed by atoms with E-state index < -0.39 is 17.9 Å². The second-order valence-electron chi connectivity index (χ2n) is 16.7. The van der Waals surface area contributed by atoms with Gasteiger partial charge in [-0.1, -0.05) is 115 Å². The van der Waals surface area contributed by atoms with Crippen molar-refractivity contribution >= 4 is 48.0 Å². The van der Waals surface area contributed by atoms with E-state index in [2.05, 4.69) is 181 Å². The Morgan fingerprint density at radius 3 is 1.28 bits per heavy atom. The van der Waals surface area contributed by atoms with E-state index in [1.807, 2.05) is 0 Å². The van der Waals surface area contributed by atoms with Crippen molar-refractivity contribution in [3.05, 3.63) is 168 Å². The number of fused-ring (bicyclic) bond motifs is 2. The second-order valence-corrected chi connectivity index (χ2v) is 16.7. The Balaban J connectivity index is 0.000000200. The van der Waals surface area contributed by atoms with Crippen LogP contribution in [0.5, 0.6) is 0 Å². The minimum Gasteiger partial charge on any atom is -0.793 e. The van der Waals surface area contributed by atoms with E-state index in [9.17, 15) is 14.4 Å². The second kappa shape index (κ2) is 27.9. The van der Waals surface area contributed by atoms with Gasteiger partial charge in [0.15, 0.2) is 0 Å². The first-order valence-corrected chi connectivity index (χ1v) is 22.8. The molecule has 67 heavy (non-hydrogen) atoms. The molecule has 0 spiro atoms. The first kappa shape index (κ1) is 52.4. The molecule has 0 bridgehead atoms.